The smallest absolute Gasteiger partial charge is 0.251 e. The summed E-state index contributed by atoms with van der Waals surface area (Å²) in [5.41, 5.74) is 11.1. The van der Waals surface area contributed by atoms with Crippen LogP contribution in [0.1, 0.15) is 34.1 Å². The summed E-state index contributed by atoms with van der Waals surface area (Å²) in [6.45, 7) is 7.74. The van der Waals surface area contributed by atoms with Crippen LogP contribution in [0.3, 0.4) is 0 Å². The first kappa shape index (κ1) is 26.4. The molecule has 7 atom stereocenters. The van der Waals surface area contributed by atoms with E-state index in [4.69, 9.17) is 20.9 Å². The Balaban J connectivity index is 0. The number of aliphatic hydroxyl groups excluding tert-OH is 3. The van der Waals surface area contributed by atoms with Gasteiger partial charge in [-0.3, -0.25) is 4.79 Å². The molecular formula is C16H37N3O6. The number of ether oxygens (including phenoxy) is 2. The van der Waals surface area contributed by atoms with Crippen molar-refractivity contribution < 1.29 is 29.6 Å². The molecule has 1 amide bonds. The van der Waals surface area contributed by atoms with E-state index in [9.17, 15) is 20.1 Å². The van der Waals surface area contributed by atoms with Gasteiger partial charge in [-0.2, -0.15) is 0 Å². The minimum Gasteiger partial charge on any atom is -0.389 e. The van der Waals surface area contributed by atoms with Gasteiger partial charge in [0, 0.05) is 26.8 Å². The standard InChI is InChI=1S/C12H25N3O6.2C2H6/c1-20-10-5(14)3-6(8(17)11(10)21-2)15-12(19)9(18)7(16)4-13;2*1-2/h5-11,16-18H,3-4,13-14H2,1-2H3,(H,15,19);2*1-2H3/t5-,6+,7?,8-,9?,10+,11+;;/m0../s1. The van der Waals surface area contributed by atoms with E-state index < -0.39 is 48.5 Å². The Morgan fingerprint density at radius 3 is 2.04 bits per heavy atom. The third kappa shape index (κ3) is 7.53. The molecule has 9 heteroatoms. The highest BCUT2D eigenvalue weighted by Crippen LogP contribution is 2.23. The van der Waals surface area contributed by atoms with Crippen molar-refractivity contribution in [3.05, 3.63) is 0 Å². The number of nitrogens with one attached hydrogen (secondary N) is 1. The van der Waals surface area contributed by atoms with Gasteiger partial charge < -0.3 is 41.6 Å². The molecule has 25 heavy (non-hydrogen) atoms. The molecule has 0 radical (unpaired) electrons. The molecule has 9 nitrogen and oxygen atoms in total. The van der Waals surface area contributed by atoms with Crippen LogP contribution >= 0.6 is 0 Å². The maximum atomic E-state index is 11.8. The fraction of sp³-hybridized carbons (Fsp3) is 0.938. The molecule has 8 N–H and O–H groups in total. The van der Waals surface area contributed by atoms with Gasteiger partial charge in [-0.1, -0.05) is 27.7 Å². The fourth-order valence-corrected chi connectivity index (χ4v) is 2.53. The number of rotatable bonds is 6. The van der Waals surface area contributed by atoms with Crippen molar-refractivity contribution in [1.82, 2.24) is 5.32 Å². The molecule has 2 unspecified atom stereocenters. The van der Waals surface area contributed by atoms with Gasteiger partial charge in [-0.15, -0.1) is 0 Å². The highest BCUT2D eigenvalue weighted by Gasteiger charge is 2.44. The normalized spacial score (nSPS) is 30.8. The second-order valence-corrected chi connectivity index (χ2v) is 5.15. The molecule has 1 aliphatic rings. The maximum absolute atomic E-state index is 11.8. The van der Waals surface area contributed by atoms with Crippen molar-refractivity contribution in [3.8, 4) is 0 Å². The number of carbonyl (C=O) groups is 1. The molecule has 0 aromatic carbocycles. The molecule has 0 saturated heterocycles. The van der Waals surface area contributed by atoms with Gasteiger partial charge in [0.05, 0.1) is 6.04 Å². The van der Waals surface area contributed by atoms with Gasteiger partial charge in [0.2, 0.25) is 0 Å². The average Bonchev–Trinajstić information content (AvgIpc) is 2.65. The number of hydrogen-bond acceptors (Lipinski definition) is 8. The van der Waals surface area contributed by atoms with Crippen LogP contribution < -0.4 is 16.8 Å². The van der Waals surface area contributed by atoms with Crippen LogP contribution in [0.5, 0.6) is 0 Å². The molecule has 152 valence electrons. The zero-order valence-corrected chi connectivity index (χ0v) is 16.2. The van der Waals surface area contributed by atoms with E-state index in [0.717, 1.165) is 0 Å². The van der Waals surface area contributed by atoms with E-state index in [1.54, 1.807) is 0 Å². The summed E-state index contributed by atoms with van der Waals surface area (Å²) in [4.78, 5) is 11.8. The monoisotopic (exact) mass is 367 g/mol. The van der Waals surface area contributed by atoms with E-state index in [1.165, 1.54) is 14.2 Å². The first-order valence-corrected chi connectivity index (χ1v) is 8.73. The predicted molar refractivity (Wildman–Crippen MR) is 95.9 cm³/mol. The number of aliphatic hydroxyl groups is 3. The van der Waals surface area contributed by atoms with Crippen molar-refractivity contribution in [2.75, 3.05) is 20.8 Å². The summed E-state index contributed by atoms with van der Waals surface area (Å²) < 4.78 is 10.4. The van der Waals surface area contributed by atoms with Crippen LogP contribution in [-0.2, 0) is 14.3 Å². The molecule has 1 rings (SSSR count). The minimum absolute atomic E-state index is 0.247. The summed E-state index contributed by atoms with van der Waals surface area (Å²) in [5.74, 6) is -0.824. The zero-order valence-electron chi connectivity index (χ0n) is 16.2. The Morgan fingerprint density at radius 1 is 1.16 bits per heavy atom. The Bertz CT molecular complexity index is 348. The van der Waals surface area contributed by atoms with E-state index in [1.807, 2.05) is 27.7 Å². The van der Waals surface area contributed by atoms with Crippen LogP contribution in [0.25, 0.3) is 0 Å². The predicted octanol–water partition coefficient (Wildman–Crippen LogP) is -1.67. The third-order valence-electron chi connectivity index (χ3n) is 3.77. The molecule has 0 spiro atoms. The lowest BCUT2D eigenvalue weighted by molar-refractivity contribution is -0.148. The number of amides is 1. The highest BCUT2D eigenvalue weighted by atomic mass is 16.5. The highest BCUT2D eigenvalue weighted by molar-refractivity contribution is 5.81. The molecule has 0 bridgehead atoms. The van der Waals surface area contributed by atoms with Crippen LogP contribution in [0, 0.1) is 0 Å². The van der Waals surface area contributed by atoms with Gasteiger partial charge in [0.15, 0.2) is 6.10 Å². The molecule has 0 aliphatic heterocycles. The average molecular weight is 367 g/mol. The first-order valence-electron chi connectivity index (χ1n) is 8.73. The molecule has 1 aliphatic carbocycles. The Labute approximate surface area is 150 Å². The Morgan fingerprint density at radius 2 is 1.64 bits per heavy atom. The number of methoxy groups -OCH3 is 2. The largest absolute Gasteiger partial charge is 0.389 e. The van der Waals surface area contributed by atoms with Crippen molar-refractivity contribution in [2.24, 2.45) is 11.5 Å². The Hall–Kier alpha value is -0.810. The van der Waals surface area contributed by atoms with Crippen LogP contribution in [0.2, 0.25) is 0 Å². The lowest BCUT2D eigenvalue weighted by atomic mass is 9.84. The van der Waals surface area contributed by atoms with Gasteiger partial charge in [0.25, 0.3) is 5.91 Å². The van der Waals surface area contributed by atoms with Crippen LogP contribution in [0.15, 0.2) is 0 Å². The van der Waals surface area contributed by atoms with Crippen molar-refractivity contribution in [1.29, 1.82) is 0 Å². The summed E-state index contributed by atoms with van der Waals surface area (Å²) in [5, 5.41) is 31.6. The second-order valence-electron chi connectivity index (χ2n) is 5.15. The van der Waals surface area contributed by atoms with E-state index in [-0.39, 0.29) is 13.0 Å². The van der Waals surface area contributed by atoms with Gasteiger partial charge in [0.1, 0.15) is 24.4 Å². The summed E-state index contributed by atoms with van der Waals surface area (Å²) in [6, 6.07) is -1.17. The van der Waals surface area contributed by atoms with E-state index >= 15 is 0 Å². The topological polar surface area (TPSA) is 160 Å². The molecule has 0 heterocycles. The Kier molecular flexibility index (Phi) is 15.2. The van der Waals surface area contributed by atoms with E-state index in [0.29, 0.717) is 0 Å². The lowest BCUT2D eigenvalue weighted by Gasteiger charge is -2.42. The maximum Gasteiger partial charge on any atom is 0.251 e. The first-order chi connectivity index (χ1) is 11.9. The fourth-order valence-electron chi connectivity index (χ4n) is 2.53. The zero-order chi connectivity index (χ0) is 20.2. The van der Waals surface area contributed by atoms with Crippen molar-refractivity contribution in [3.63, 3.8) is 0 Å². The summed E-state index contributed by atoms with van der Waals surface area (Å²) in [6.07, 6.45) is -5.05. The van der Waals surface area contributed by atoms with E-state index in [2.05, 4.69) is 5.32 Å². The van der Waals surface area contributed by atoms with Crippen molar-refractivity contribution >= 4 is 5.91 Å². The lowest BCUT2D eigenvalue weighted by Crippen LogP contribution is -2.65. The number of carbonyl (C=O) groups excluding carboxylic acids is 1. The number of nitrogens with two attached hydrogens (primary N) is 2. The second kappa shape index (κ2) is 14.4. The van der Waals surface area contributed by atoms with Crippen molar-refractivity contribution in [2.45, 2.75) is 76.7 Å². The third-order valence-corrected chi connectivity index (χ3v) is 3.77. The summed E-state index contributed by atoms with van der Waals surface area (Å²) in [7, 11) is 2.87. The molecule has 1 fully saturated rings. The number of hydrogen-bond donors (Lipinski definition) is 6. The molecule has 1 saturated carbocycles. The van der Waals surface area contributed by atoms with Crippen LogP contribution in [-0.4, -0.2) is 84.6 Å². The SMILES string of the molecule is CC.CC.CO[C@@H]1[C@@H](O)[C@H](NC(=O)C(O)C(O)CN)C[C@H](N)[C@H]1OC. The van der Waals surface area contributed by atoms with Gasteiger partial charge in [-0.25, -0.2) is 0 Å². The molecule has 0 aromatic rings. The van der Waals surface area contributed by atoms with Gasteiger partial charge in [-0.05, 0) is 6.42 Å². The van der Waals surface area contributed by atoms with Crippen LogP contribution in [0.4, 0.5) is 0 Å². The van der Waals surface area contributed by atoms with Gasteiger partial charge >= 0.3 is 0 Å². The minimum atomic E-state index is -1.67. The summed E-state index contributed by atoms with van der Waals surface area (Å²) >= 11 is 0. The molecule has 0 aromatic heterocycles. The quantitative estimate of drug-likeness (QED) is 0.325. The molecular weight excluding hydrogens is 330 g/mol.